The second kappa shape index (κ2) is 9.56. The molecule has 4 nitrogen and oxygen atoms in total. The maximum absolute atomic E-state index is 12.3. The molecule has 1 aliphatic rings. The summed E-state index contributed by atoms with van der Waals surface area (Å²) in [4.78, 5) is 14.4. The highest BCUT2D eigenvalue weighted by atomic mass is 35.5. The largest absolute Gasteiger partial charge is 0.380 e. The molecule has 1 amide bonds. The van der Waals surface area contributed by atoms with E-state index < -0.39 is 0 Å². The molecule has 1 fully saturated rings. The predicted octanol–water partition coefficient (Wildman–Crippen LogP) is 2.20. The van der Waals surface area contributed by atoms with Gasteiger partial charge in [-0.15, -0.1) is 12.4 Å². The van der Waals surface area contributed by atoms with Gasteiger partial charge >= 0.3 is 0 Å². The Morgan fingerprint density at radius 2 is 2.11 bits per heavy atom. The molecule has 114 valence electrons. The summed E-state index contributed by atoms with van der Waals surface area (Å²) in [5.74, 6) is 0.841. The van der Waals surface area contributed by atoms with E-state index in [0.717, 1.165) is 25.8 Å². The van der Waals surface area contributed by atoms with Crippen molar-refractivity contribution in [2.24, 2.45) is 11.7 Å². The van der Waals surface area contributed by atoms with Crippen LogP contribution in [-0.4, -0.2) is 43.2 Å². The van der Waals surface area contributed by atoms with Crippen LogP contribution in [0.15, 0.2) is 0 Å². The van der Waals surface area contributed by atoms with Crippen molar-refractivity contribution in [2.45, 2.75) is 58.1 Å². The molecule has 2 N–H and O–H groups in total. The van der Waals surface area contributed by atoms with Gasteiger partial charge in [0.05, 0.1) is 12.5 Å². The Hall–Kier alpha value is -0.320. The zero-order valence-corrected chi connectivity index (χ0v) is 13.2. The number of ether oxygens (including phenoxy) is 1. The van der Waals surface area contributed by atoms with Gasteiger partial charge < -0.3 is 15.4 Å². The summed E-state index contributed by atoms with van der Waals surface area (Å²) < 4.78 is 5.20. The number of rotatable bonds is 6. The summed E-state index contributed by atoms with van der Waals surface area (Å²) in [6.07, 6.45) is 4.89. The van der Waals surface area contributed by atoms with Crippen molar-refractivity contribution in [1.29, 1.82) is 0 Å². The number of halogens is 1. The molecule has 1 aliphatic heterocycles. The van der Waals surface area contributed by atoms with Gasteiger partial charge in [0.2, 0.25) is 5.91 Å². The topological polar surface area (TPSA) is 55.6 Å². The molecule has 2 atom stereocenters. The van der Waals surface area contributed by atoms with Crippen molar-refractivity contribution < 1.29 is 9.53 Å². The van der Waals surface area contributed by atoms with E-state index in [1.54, 1.807) is 7.11 Å². The minimum atomic E-state index is -0.140. The van der Waals surface area contributed by atoms with Crippen LogP contribution in [0.1, 0.15) is 46.0 Å². The fourth-order valence-corrected chi connectivity index (χ4v) is 2.69. The number of carbonyl (C=O) groups excluding carboxylic acids is 1. The molecule has 0 spiro atoms. The number of piperidine rings is 1. The lowest BCUT2D eigenvalue weighted by atomic mass is 9.93. The van der Waals surface area contributed by atoms with Crippen LogP contribution in [0.4, 0.5) is 0 Å². The zero-order chi connectivity index (χ0) is 13.5. The smallest absolute Gasteiger partial charge is 0.225 e. The Labute approximate surface area is 123 Å². The number of amides is 1. The third-order valence-electron chi connectivity index (χ3n) is 3.69. The van der Waals surface area contributed by atoms with Gasteiger partial charge in [0.1, 0.15) is 0 Å². The molecule has 0 bridgehead atoms. The van der Waals surface area contributed by atoms with Gasteiger partial charge in [0, 0.05) is 26.2 Å². The first-order valence-corrected chi connectivity index (χ1v) is 7.10. The molecule has 0 saturated carbocycles. The van der Waals surface area contributed by atoms with Crippen LogP contribution in [0.5, 0.6) is 0 Å². The molecule has 5 heteroatoms. The Balaban J connectivity index is 0.00000324. The van der Waals surface area contributed by atoms with Crippen molar-refractivity contribution in [1.82, 2.24) is 4.90 Å². The summed E-state index contributed by atoms with van der Waals surface area (Å²) in [6, 6.07) is 0.418. The van der Waals surface area contributed by atoms with Gasteiger partial charge in [-0.25, -0.2) is 0 Å². The standard InChI is InChI=1S/C14H28N2O2.ClH/c1-11(2)8-12-6-4-5-7-16(12)14(17)9-13(10-15)18-3;/h11-13H,4-10,15H2,1-3H3;1H. The SMILES string of the molecule is COC(CN)CC(=O)N1CCCCC1CC(C)C.Cl. The van der Waals surface area contributed by atoms with Crippen molar-refractivity contribution in [3.05, 3.63) is 0 Å². The maximum Gasteiger partial charge on any atom is 0.225 e. The van der Waals surface area contributed by atoms with Gasteiger partial charge in [-0.3, -0.25) is 4.79 Å². The molecule has 19 heavy (non-hydrogen) atoms. The summed E-state index contributed by atoms with van der Waals surface area (Å²) >= 11 is 0. The third kappa shape index (κ3) is 6.11. The predicted molar refractivity (Wildman–Crippen MR) is 80.5 cm³/mol. The van der Waals surface area contributed by atoms with Crippen LogP contribution in [-0.2, 0) is 9.53 Å². The number of nitrogens with two attached hydrogens (primary N) is 1. The Kier molecular flexibility index (Phi) is 9.40. The van der Waals surface area contributed by atoms with Crippen LogP contribution >= 0.6 is 12.4 Å². The number of hydrogen-bond acceptors (Lipinski definition) is 3. The molecule has 0 radical (unpaired) electrons. The summed E-state index contributed by atoms with van der Waals surface area (Å²) in [6.45, 7) is 5.74. The first-order chi connectivity index (χ1) is 8.58. The number of hydrogen-bond donors (Lipinski definition) is 1. The summed E-state index contributed by atoms with van der Waals surface area (Å²) in [5, 5.41) is 0. The van der Waals surface area contributed by atoms with E-state index in [9.17, 15) is 4.79 Å². The molecule has 0 aromatic rings. The molecular weight excluding hydrogens is 264 g/mol. The van der Waals surface area contributed by atoms with Crippen molar-refractivity contribution in [3.63, 3.8) is 0 Å². The van der Waals surface area contributed by atoms with E-state index in [0.29, 0.717) is 24.9 Å². The molecule has 1 heterocycles. The van der Waals surface area contributed by atoms with Gasteiger partial charge in [-0.1, -0.05) is 13.8 Å². The number of methoxy groups -OCH3 is 1. The highest BCUT2D eigenvalue weighted by molar-refractivity contribution is 5.85. The van der Waals surface area contributed by atoms with E-state index in [4.69, 9.17) is 10.5 Å². The van der Waals surface area contributed by atoms with Crippen molar-refractivity contribution in [3.8, 4) is 0 Å². The van der Waals surface area contributed by atoms with Gasteiger partial charge in [-0.05, 0) is 31.6 Å². The van der Waals surface area contributed by atoms with Crippen molar-refractivity contribution >= 4 is 18.3 Å². The van der Waals surface area contributed by atoms with E-state index in [1.165, 1.54) is 6.42 Å². The first kappa shape index (κ1) is 18.7. The summed E-state index contributed by atoms with van der Waals surface area (Å²) in [5.41, 5.74) is 5.58. The molecule has 0 aromatic heterocycles. The lowest BCUT2D eigenvalue weighted by molar-refractivity contribution is -0.137. The zero-order valence-electron chi connectivity index (χ0n) is 12.4. The van der Waals surface area contributed by atoms with Crippen LogP contribution < -0.4 is 5.73 Å². The van der Waals surface area contributed by atoms with E-state index in [2.05, 4.69) is 18.7 Å². The van der Waals surface area contributed by atoms with Crippen LogP contribution in [0.2, 0.25) is 0 Å². The first-order valence-electron chi connectivity index (χ1n) is 7.10. The van der Waals surface area contributed by atoms with Crippen LogP contribution in [0, 0.1) is 5.92 Å². The van der Waals surface area contributed by atoms with Crippen molar-refractivity contribution in [2.75, 3.05) is 20.2 Å². The minimum absolute atomic E-state index is 0. The fraction of sp³-hybridized carbons (Fsp3) is 0.929. The normalized spacial score (nSPS) is 21.1. The molecule has 0 aliphatic carbocycles. The molecule has 0 aromatic carbocycles. The highest BCUT2D eigenvalue weighted by Crippen LogP contribution is 2.23. The highest BCUT2D eigenvalue weighted by Gasteiger charge is 2.28. The maximum atomic E-state index is 12.3. The average molecular weight is 293 g/mol. The van der Waals surface area contributed by atoms with Gasteiger partial charge in [-0.2, -0.15) is 0 Å². The number of carbonyl (C=O) groups is 1. The monoisotopic (exact) mass is 292 g/mol. The molecule has 1 rings (SSSR count). The Morgan fingerprint density at radius 3 is 2.63 bits per heavy atom. The van der Waals surface area contributed by atoms with E-state index in [-0.39, 0.29) is 24.4 Å². The number of likely N-dealkylation sites (tertiary alicyclic amines) is 1. The number of nitrogens with zero attached hydrogens (tertiary/aromatic N) is 1. The minimum Gasteiger partial charge on any atom is -0.380 e. The molecular formula is C14H29ClN2O2. The van der Waals surface area contributed by atoms with E-state index >= 15 is 0 Å². The second-order valence-corrected chi connectivity index (χ2v) is 5.66. The van der Waals surface area contributed by atoms with Crippen LogP contribution in [0.3, 0.4) is 0 Å². The lowest BCUT2D eigenvalue weighted by Gasteiger charge is -2.37. The Bertz CT molecular complexity index is 258. The van der Waals surface area contributed by atoms with Crippen LogP contribution in [0.25, 0.3) is 0 Å². The van der Waals surface area contributed by atoms with E-state index in [1.807, 2.05) is 0 Å². The second-order valence-electron chi connectivity index (χ2n) is 5.66. The summed E-state index contributed by atoms with van der Waals surface area (Å²) in [7, 11) is 1.62. The van der Waals surface area contributed by atoms with Gasteiger partial charge in [0.25, 0.3) is 0 Å². The lowest BCUT2D eigenvalue weighted by Crippen LogP contribution is -2.46. The molecule has 1 saturated heterocycles. The Morgan fingerprint density at radius 1 is 1.42 bits per heavy atom. The third-order valence-corrected chi connectivity index (χ3v) is 3.69. The van der Waals surface area contributed by atoms with Gasteiger partial charge in [0.15, 0.2) is 0 Å². The fourth-order valence-electron chi connectivity index (χ4n) is 2.69. The molecule has 2 unspecified atom stereocenters. The quantitative estimate of drug-likeness (QED) is 0.816. The average Bonchev–Trinajstić information content (AvgIpc) is 2.35.